The minimum absolute atomic E-state index is 0.130. The van der Waals surface area contributed by atoms with Gasteiger partial charge in [0.1, 0.15) is 5.82 Å². The van der Waals surface area contributed by atoms with E-state index in [2.05, 4.69) is 68.3 Å². The van der Waals surface area contributed by atoms with Crippen LogP contribution < -0.4 is 14.4 Å². The Morgan fingerprint density at radius 2 is 1.87 bits per heavy atom. The number of aryl methyl sites for hydroxylation is 1. The van der Waals surface area contributed by atoms with Crippen molar-refractivity contribution in [2.45, 2.75) is 72.2 Å². The Morgan fingerprint density at radius 1 is 1.15 bits per heavy atom. The van der Waals surface area contributed by atoms with Crippen molar-refractivity contribution in [1.29, 1.82) is 0 Å². The third kappa shape index (κ3) is 4.92. The number of carbonyl (C=O) groups is 1. The highest BCUT2D eigenvalue weighted by Gasteiger charge is 2.64. The largest absolute Gasteiger partial charge is 0.476 e. The Labute approximate surface area is 235 Å². The molecule has 1 N–H and O–H groups in total. The molecule has 1 unspecified atom stereocenters. The van der Waals surface area contributed by atoms with E-state index in [-0.39, 0.29) is 22.3 Å². The van der Waals surface area contributed by atoms with E-state index < -0.39 is 0 Å². The average Bonchev–Trinajstić information content (AvgIpc) is 3.37. The minimum Gasteiger partial charge on any atom is -0.476 e. The van der Waals surface area contributed by atoms with Gasteiger partial charge in [0.25, 0.3) is 5.91 Å². The van der Waals surface area contributed by atoms with Crippen molar-refractivity contribution in [3.05, 3.63) is 41.9 Å². The summed E-state index contributed by atoms with van der Waals surface area (Å²) in [7, 11) is 1.89. The molecule has 210 valence electrons. The quantitative estimate of drug-likeness (QED) is 0.373. The highest BCUT2D eigenvalue weighted by atomic mass is 32.2. The van der Waals surface area contributed by atoms with Crippen LogP contribution in [0.3, 0.4) is 0 Å². The summed E-state index contributed by atoms with van der Waals surface area (Å²) in [6.07, 6.45) is 4.65. The van der Waals surface area contributed by atoms with Gasteiger partial charge in [-0.25, -0.2) is 9.67 Å². The number of ether oxygens (including phenoxy) is 1. The first-order valence-electron chi connectivity index (χ1n) is 13.7. The Morgan fingerprint density at radius 3 is 2.46 bits per heavy atom. The number of nitrogens with one attached hydrogen (secondary N) is 1. The summed E-state index contributed by atoms with van der Waals surface area (Å²) in [5.41, 5.74) is 1.92. The number of carbonyl (C=O) groups excluding carboxylic acids is 1. The van der Waals surface area contributed by atoms with E-state index >= 15 is 0 Å². The fraction of sp³-hybridized carbons (Fsp3) is 0.586. The first-order chi connectivity index (χ1) is 18.2. The molecule has 1 saturated heterocycles. The molecule has 3 aromatic heterocycles. The first kappa shape index (κ1) is 27.6. The van der Waals surface area contributed by atoms with Gasteiger partial charge in [-0.1, -0.05) is 34.6 Å². The maximum atomic E-state index is 13.4. The van der Waals surface area contributed by atoms with Crippen molar-refractivity contribution in [2.24, 2.45) is 29.7 Å². The minimum atomic E-state index is -0.188. The summed E-state index contributed by atoms with van der Waals surface area (Å²) in [4.78, 5) is 21.6. The smallest absolute Gasteiger partial charge is 0.265 e. The van der Waals surface area contributed by atoms with Gasteiger partial charge in [0.2, 0.25) is 5.88 Å². The third-order valence-corrected chi connectivity index (χ3v) is 10.3. The van der Waals surface area contributed by atoms with Crippen LogP contribution in [-0.4, -0.2) is 49.1 Å². The number of pyridine rings is 1. The van der Waals surface area contributed by atoms with E-state index in [4.69, 9.17) is 9.72 Å². The van der Waals surface area contributed by atoms with Gasteiger partial charge in [-0.2, -0.15) is 5.10 Å². The normalized spacial score (nSPS) is 21.3. The molecular formula is C29H41N7O2S. The second-order valence-corrected chi connectivity index (χ2v) is 13.8. The number of anilines is 1. The summed E-state index contributed by atoms with van der Waals surface area (Å²) in [6, 6.07) is 5.56. The predicted molar refractivity (Wildman–Crippen MR) is 154 cm³/mol. The highest BCUT2D eigenvalue weighted by Crippen LogP contribution is 2.68. The topological polar surface area (TPSA) is 90.1 Å². The molecule has 0 bridgehead atoms. The van der Waals surface area contributed by atoms with Crippen LogP contribution in [0.2, 0.25) is 0 Å². The van der Waals surface area contributed by atoms with Gasteiger partial charge in [0.05, 0.1) is 29.0 Å². The molecule has 1 saturated carbocycles. The molecule has 0 spiro atoms. The molecule has 1 aliphatic heterocycles. The molecule has 1 atom stereocenters. The number of rotatable bonds is 8. The maximum absolute atomic E-state index is 13.4. The van der Waals surface area contributed by atoms with Gasteiger partial charge in [-0.05, 0) is 68.0 Å². The number of aromatic nitrogens is 5. The SMILES string of the molecule is Cc1c(SNC(=O)c2ccc(-n3ccc(OCC4C(C)(C)C4(C)C)n3)nc2N2CC(C)CC2(C)C)cnn1C. The van der Waals surface area contributed by atoms with Crippen molar-refractivity contribution in [3.63, 3.8) is 0 Å². The van der Waals surface area contributed by atoms with Crippen LogP contribution >= 0.6 is 11.9 Å². The number of hydrogen-bond acceptors (Lipinski definition) is 7. The van der Waals surface area contributed by atoms with Crippen LogP contribution in [-0.2, 0) is 7.05 Å². The first-order valence-corrected chi connectivity index (χ1v) is 14.5. The van der Waals surface area contributed by atoms with E-state index in [1.54, 1.807) is 15.6 Å². The molecule has 1 aliphatic carbocycles. The Kier molecular flexibility index (Phi) is 6.76. The van der Waals surface area contributed by atoms with Gasteiger partial charge in [0, 0.05) is 37.3 Å². The summed E-state index contributed by atoms with van der Waals surface area (Å²) in [5.74, 6) is 2.69. The van der Waals surface area contributed by atoms with Gasteiger partial charge < -0.3 is 9.64 Å². The van der Waals surface area contributed by atoms with Crippen molar-refractivity contribution in [1.82, 2.24) is 29.3 Å². The second-order valence-electron chi connectivity index (χ2n) is 12.9. The molecule has 2 aliphatic rings. The summed E-state index contributed by atoms with van der Waals surface area (Å²) in [5, 5.41) is 8.92. The van der Waals surface area contributed by atoms with Gasteiger partial charge in [0.15, 0.2) is 5.82 Å². The molecule has 5 rings (SSSR count). The summed E-state index contributed by atoms with van der Waals surface area (Å²) in [6.45, 7) is 19.3. The molecular weight excluding hydrogens is 510 g/mol. The standard InChI is InChI=1S/C29H41N7O2S/c1-18-14-27(3,4)35(16-18)25-20(26(37)33-39-21-15-30-34(9)19(21)2)10-11-23(31-25)36-13-12-24(32-36)38-17-22-28(5,6)29(22,7)8/h10-13,15,18,22H,14,16-17H2,1-9H3,(H,33,37). The lowest BCUT2D eigenvalue weighted by Crippen LogP contribution is -2.40. The molecule has 0 radical (unpaired) electrons. The molecule has 4 heterocycles. The summed E-state index contributed by atoms with van der Waals surface area (Å²) >= 11 is 1.28. The average molecular weight is 552 g/mol. The zero-order valence-corrected chi connectivity index (χ0v) is 25.4. The number of nitrogens with zero attached hydrogens (tertiary/aromatic N) is 6. The number of amides is 1. The van der Waals surface area contributed by atoms with Gasteiger partial charge in [-0.3, -0.25) is 14.2 Å². The highest BCUT2D eigenvalue weighted by molar-refractivity contribution is 7.98. The summed E-state index contributed by atoms with van der Waals surface area (Å²) < 4.78 is 12.6. The third-order valence-electron chi connectivity index (χ3n) is 9.39. The molecule has 39 heavy (non-hydrogen) atoms. The van der Waals surface area contributed by atoms with Crippen LogP contribution in [0.15, 0.2) is 35.5 Å². The van der Waals surface area contributed by atoms with E-state index in [1.807, 2.05) is 38.4 Å². The zero-order chi connectivity index (χ0) is 28.3. The van der Waals surface area contributed by atoms with Gasteiger partial charge in [-0.15, -0.1) is 5.10 Å². The zero-order valence-electron chi connectivity index (χ0n) is 24.6. The van der Waals surface area contributed by atoms with Gasteiger partial charge >= 0.3 is 0 Å². The van der Waals surface area contributed by atoms with Crippen LogP contribution in [0, 0.1) is 29.6 Å². The Balaban J connectivity index is 1.39. The van der Waals surface area contributed by atoms with Crippen LogP contribution in [0.5, 0.6) is 5.88 Å². The Hall–Kier alpha value is -3.01. The van der Waals surface area contributed by atoms with Crippen molar-refractivity contribution >= 4 is 23.7 Å². The lowest BCUT2D eigenvalue weighted by molar-refractivity contribution is 0.0984. The molecule has 2 fully saturated rings. The molecule has 1 amide bonds. The number of hydrogen-bond donors (Lipinski definition) is 1. The molecule has 3 aromatic rings. The van der Waals surface area contributed by atoms with Crippen molar-refractivity contribution in [3.8, 4) is 11.7 Å². The fourth-order valence-electron chi connectivity index (χ4n) is 6.07. The fourth-order valence-corrected chi connectivity index (χ4v) is 6.77. The van der Waals surface area contributed by atoms with Crippen molar-refractivity contribution < 1.29 is 9.53 Å². The molecule has 0 aromatic carbocycles. The monoisotopic (exact) mass is 551 g/mol. The Bertz CT molecular complexity index is 1380. The van der Waals surface area contributed by atoms with Crippen LogP contribution in [0.25, 0.3) is 5.82 Å². The lowest BCUT2D eigenvalue weighted by Gasteiger charge is -2.34. The maximum Gasteiger partial charge on any atom is 0.265 e. The molecule has 9 nitrogen and oxygen atoms in total. The van der Waals surface area contributed by atoms with Crippen LogP contribution in [0.4, 0.5) is 5.82 Å². The van der Waals surface area contributed by atoms with E-state index in [1.165, 1.54) is 11.9 Å². The van der Waals surface area contributed by atoms with Crippen molar-refractivity contribution in [2.75, 3.05) is 18.1 Å². The predicted octanol–water partition coefficient (Wildman–Crippen LogP) is 5.43. The lowest BCUT2D eigenvalue weighted by atomic mass is 9.97. The van der Waals surface area contributed by atoms with E-state index in [9.17, 15) is 4.79 Å². The molecule has 10 heteroatoms. The van der Waals surface area contributed by atoms with Crippen LogP contribution in [0.1, 0.15) is 70.9 Å². The van der Waals surface area contributed by atoms with E-state index in [0.29, 0.717) is 41.5 Å². The second kappa shape index (κ2) is 9.57. The van der Waals surface area contributed by atoms with E-state index in [0.717, 1.165) is 23.6 Å².